The van der Waals surface area contributed by atoms with Gasteiger partial charge in [0.1, 0.15) is 0 Å². The van der Waals surface area contributed by atoms with Crippen molar-refractivity contribution in [2.24, 2.45) is 5.16 Å². The number of methoxy groups -OCH3 is 1. The predicted octanol–water partition coefficient (Wildman–Crippen LogP) is 2.88. The van der Waals surface area contributed by atoms with Crippen molar-refractivity contribution < 1.29 is 27.5 Å². The van der Waals surface area contributed by atoms with Crippen LogP contribution in [0.3, 0.4) is 0 Å². The third kappa shape index (κ3) is 6.79. The van der Waals surface area contributed by atoms with Crippen molar-refractivity contribution in [3.8, 4) is 11.5 Å². The zero-order valence-electron chi connectivity index (χ0n) is 16.7. The van der Waals surface area contributed by atoms with E-state index in [4.69, 9.17) is 14.3 Å². The van der Waals surface area contributed by atoms with Crippen LogP contribution in [0.2, 0.25) is 0 Å². The number of carbonyl (C=O) groups excluding carboxylic acids is 1. The summed E-state index contributed by atoms with van der Waals surface area (Å²) < 4.78 is 34.5. The summed E-state index contributed by atoms with van der Waals surface area (Å²) in [6.07, 6.45) is 2.52. The second-order valence-corrected chi connectivity index (χ2v) is 8.39. The molecule has 1 amide bonds. The van der Waals surface area contributed by atoms with Gasteiger partial charge in [0.2, 0.25) is 0 Å². The summed E-state index contributed by atoms with van der Waals surface area (Å²) in [4.78, 5) is 17.0. The first-order valence-electron chi connectivity index (χ1n) is 8.79. The van der Waals surface area contributed by atoms with Crippen LogP contribution in [0.15, 0.2) is 52.5 Å². The van der Waals surface area contributed by atoms with Gasteiger partial charge in [-0.25, -0.2) is 8.42 Å². The molecule has 0 radical (unpaired) electrons. The highest BCUT2D eigenvalue weighted by atomic mass is 32.2. The number of rotatable bonds is 9. The van der Waals surface area contributed by atoms with Crippen LogP contribution >= 0.6 is 0 Å². The average Bonchev–Trinajstić information content (AvgIpc) is 2.65. The van der Waals surface area contributed by atoms with Gasteiger partial charge in [-0.3, -0.25) is 4.79 Å². The minimum absolute atomic E-state index is 0.0121. The second kappa shape index (κ2) is 9.92. The summed E-state index contributed by atoms with van der Waals surface area (Å²) in [5, 5.41) is 6.27. The van der Waals surface area contributed by atoms with Crippen molar-refractivity contribution in [2.45, 2.75) is 24.8 Å². The van der Waals surface area contributed by atoms with E-state index in [0.717, 1.165) is 6.26 Å². The molecule has 0 bridgehead atoms. The summed E-state index contributed by atoms with van der Waals surface area (Å²) in [6, 6.07) is 11.4. The van der Waals surface area contributed by atoms with E-state index in [9.17, 15) is 13.2 Å². The van der Waals surface area contributed by atoms with Crippen molar-refractivity contribution in [2.75, 3.05) is 25.3 Å². The maximum absolute atomic E-state index is 12.0. The molecule has 0 saturated heterocycles. The predicted molar refractivity (Wildman–Crippen MR) is 110 cm³/mol. The number of nitrogens with one attached hydrogen (secondary N) is 1. The number of nitrogens with zero attached hydrogens (tertiary/aromatic N) is 1. The molecule has 1 N–H and O–H groups in total. The monoisotopic (exact) mass is 420 g/mol. The van der Waals surface area contributed by atoms with Gasteiger partial charge in [0.25, 0.3) is 5.91 Å². The number of oxime groups is 1. The standard InChI is InChI=1S/C20H24N2O6S/c1-14(2)28-17-10-9-15(11-18(17)26-3)12-21-27-13-20(23)22-16-7-5-6-8-19(16)29(4,24)25/h5-12,14H,13H2,1-4H3,(H,22,23)/b21-12-. The zero-order chi connectivity index (χ0) is 21.4. The maximum Gasteiger partial charge on any atom is 0.265 e. The molecule has 2 rings (SSSR count). The number of para-hydroxylation sites is 1. The second-order valence-electron chi connectivity index (χ2n) is 6.40. The fourth-order valence-corrected chi connectivity index (χ4v) is 3.23. The lowest BCUT2D eigenvalue weighted by molar-refractivity contribution is -0.120. The molecule has 156 valence electrons. The summed E-state index contributed by atoms with van der Waals surface area (Å²) in [5.74, 6) is 0.638. The van der Waals surface area contributed by atoms with Crippen LogP contribution < -0.4 is 14.8 Å². The molecular weight excluding hydrogens is 396 g/mol. The van der Waals surface area contributed by atoms with Gasteiger partial charge >= 0.3 is 0 Å². The molecular formula is C20H24N2O6S. The third-order valence-corrected chi connectivity index (χ3v) is 4.74. The summed E-state index contributed by atoms with van der Waals surface area (Å²) >= 11 is 0. The summed E-state index contributed by atoms with van der Waals surface area (Å²) in [6.45, 7) is 3.46. The Labute approximate surface area is 170 Å². The molecule has 0 unspecified atom stereocenters. The Balaban J connectivity index is 1.95. The number of benzene rings is 2. The smallest absolute Gasteiger partial charge is 0.265 e. The fourth-order valence-electron chi connectivity index (χ4n) is 2.39. The van der Waals surface area contributed by atoms with Gasteiger partial charge in [-0.1, -0.05) is 17.3 Å². The van der Waals surface area contributed by atoms with Crippen molar-refractivity contribution in [1.29, 1.82) is 0 Å². The topological polar surface area (TPSA) is 103 Å². The van der Waals surface area contributed by atoms with Crippen LogP contribution in [0.25, 0.3) is 0 Å². The Hall–Kier alpha value is -3.07. The van der Waals surface area contributed by atoms with E-state index >= 15 is 0 Å². The van der Waals surface area contributed by atoms with Crippen molar-refractivity contribution >= 4 is 27.6 Å². The molecule has 0 saturated carbocycles. The van der Waals surface area contributed by atoms with E-state index in [-0.39, 0.29) is 23.3 Å². The summed E-state index contributed by atoms with van der Waals surface area (Å²) in [7, 11) is -1.93. The lowest BCUT2D eigenvalue weighted by atomic mass is 10.2. The van der Waals surface area contributed by atoms with E-state index in [0.29, 0.717) is 17.1 Å². The highest BCUT2D eigenvalue weighted by Gasteiger charge is 2.14. The quantitative estimate of drug-likeness (QED) is 0.494. The van der Waals surface area contributed by atoms with Crippen molar-refractivity contribution in [1.82, 2.24) is 0 Å². The van der Waals surface area contributed by atoms with Gasteiger partial charge in [0.15, 0.2) is 27.9 Å². The Morgan fingerprint density at radius 1 is 1.17 bits per heavy atom. The number of anilines is 1. The van der Waals surface area contributed by atoms with E-state index in [1.807, 2.05) is 13.8 Å². The third-order valence-electron chi connectivity index (χ3n) is 3.58. The van der Waals surface area contributed by atoms with E-state index < -0.39 is 15.7 Å². The van der Waals surface area contributed by atoms with Crippen LogP contribution in [0.1, 0.15) is 19.4 Å². The highest BCUT2D eigenvalue weighted by Crippen LogP contribution is 2.28. The summed E-state index contributed by atoms with van der Waals surface area (Å²) in [5.41, 5.74) is 0.888. The molecule has 0 heterocycles. The molecule has 9 heteroatoms. The first-order valence-corrected chi connectivity index (χ1v) is 10.7. The Bertz CT molecular complexity index is 986. The molecule has 0 atom stereocenters. The number of carbonyl (C=O) groups is 1. The molecule has 29 heavy (non-hydrogen) atoms. The van der Waals surface area contributed by atoms with Gasteiger partial charge in [0, 0.05) is 11.8 Å². The molecule has 0 aliphatic carbocycles. The largest absolute Gasteiger partial charge is 0.493 e. The fraction of sp³-hybridized carbons (Fsp3) is 0.300. The van der Waals surface area contributed by atoms with Gasteiger partial charge in [-0.05, 0) is 44.2 Å². The maximum atomic E-state index is 12.0. The molecule has 2 aromatic rings. The molecule has 2 aromatic carbocycles. The van der Waals surface area contributed by atoms with Crippen LogP contribution in [0.4, 0.5) is 5.69 Å². The van der Waals surface area contributed by atoms with Gasteiger partial charge in [-0.2, -0.15) is 0 Å². The average molecular weight is 420 g/mol. The number of amides is 1. The minimum Gasteiger partial charge on any atom is -0.493 e. The van der Waals surface area contributed by atoms with E-state index in [1.54, 1.807) is 37.4 Å². The van der Waals surface area contributed by atoms with E-state index in [1.165, 1.54) is 18.3 Å². The number of hydrogen-bond acceptors (Lipinski definition) is 7. The molecule has 0 spiro atoms. The van der Waals surface area contributed by atoms with Gasteiger partial charge < -0.3 is 19.6 Å². The lowest BCUT2D eigenvalue weighted by Crippen LogP contribution is -2.18. The normalized spacial score (nSPS) is 11.5. The van der Waals surface area contributed by atoms with Crippen LogP contribution in [0, 0.1) is 0 Å². The van der Waals surface area contributed by atoms with Crippen LogP contribution in [-0.4, -0.2) is 46.6 Å². The first kappa shape index (κ1) is 22.2. The molecule has 0 aliphatic rings. The zero-order valence-corrected chi connectivity index (χ0v) is 17.5. The SMILES string of the molecule is COc1cc(/C=N\OCC(=O)Nc2ccccc2S(C)(=O)=O)ccc1OC(C)C. The van der Waals surface area contributed by atoms with Crippen LogP contribution in [-0.2, 0) is 19.5 Å². The van der Waals surface area contributed by atoms with Gasteiger partial charge in [0.05, 0.1) is 30.0 Å². The molecule has 0 fully saturated rings. The van der Waals surface area contributed by atoms with Crippen molar-refractivity contribution in [3.05, 3.63) is 48.0 Å². The number of sulfone groups is 1. The highest BCUT2D eigenvalue weighted by molar-refractivity contribution is 7.90. The Kier molecular flexibility index (Phi) is 7.60. The lowest BCUT2D eigenvalue weighted by Gasteiger charge is -2.13. The van der Waals surface area contributed by atoms with Crippen molar-refractivity contribution in [3.63, 3.8) is 0 Å². The van der Waals surface area contributed by atoms with E-state index in [2.05, 4.69) is 10.5 Å². The molecule has 8 nitrogen and oxygen atoms in total. The molecule has 0 aromatic heterocycles. The van der Waals surface area contributed by atoms with Gasteiger partial charge in [-0.15, -0.1) is 0 Å². The Morgan fingerprint density at radius 2 is 1.90 bits per heavy atom. The minimum atomic E-state index is -3.47. The first-order chi connectivity index (χ1) is 13.7. The molecule has 0 aliphatic heterocycles. The number of hydrogen-bond donors (Lipinski definition) is 1. The number of ether oxygens (including phenoxy) is 2. The Morgan fingerprint density at radius 3 is 2.55 bits per heavy atom. The van der Waals surface area contributed by atoms with Crippen LogP contribution in [0.5, 0.6) is 11.5 Å².